The van der Waals surface area contributed by atoms with E-state index < -0.39 is 4.92 Å². The molecule has 2 rings (SSSR count). The number of aromatic nitrogens is 2. The number of carbonyl (C=O) groups excluding carboxylic acids is 1. The number of anilines is 1. The summed E-state index contributed by atoms with van der Waals surface area (Å²) in [6, 6.07) is 0. The van der Waals surface area contributed by atoms with E-state index in [1.54, 1.807) is 4.90 Å². The van der Waals surface area contributed by atoms with E-state index in [4.69, 9.17) is 16.3 Å². The van der Waals surface area contributed by atoms with Crippen LogP contribution >= 0.6 is 11.6 Å². The van der Waals surface area contributed by atoms with Gasteiger partial charge >= 0.3 is 11.7 Å². The summed E-state index contributed by atoms with van der Waals surface area (Å²) in [4.78, 5) is 31.3. The Labute approximate surface area is 119 Å². The number of methoxy groups -OCH3 is 1. The largest absolute Gasteiger partial charge is 0.469 e. The number of hydrogen-bond acceptors (Lipinski definition) is 7. The average molecular weight is 301 g/mol. The van der Waals surface area contributed by atoms with Crippen molar-refractivity contribution in [2.75, 3.05) is 25.1 Å². The van der Waals surface area contributed by atoms with Gasteiger partial charge in [-0.3, -0.25) is 14.9 Å². The van der Waals surface area contributed by atoms with Crippen molar-refractivity contribution in [2.45, 2.75) is 12.8 Å². The predicted octanol–water partition coefficient (Wildman–Crippen LogP) is 1.43. The number of esters is 1. The molecule has 1 fully saturated rings. The first-order valence-corrected chi connectivity index (χ1v) is 6.40. The molecule has 0 bridgehead atoms. The molecular formula is C11H13ClN4O4. The van der Waals surface area contributed by atoms with Crippen molar-refractivity contribution in [1.82, 2.24) is 9.97 Å². The summed E-state index contributed by atoms with van der Waals surface area (Å²) in [6.45, 7) is 0.891. The molecule has 1 aromatic heterocycles. The summed E-state index contributed by atoms with van der Waals surface area (Å²) in [5.74, 6) is -0.497. The van der Waals surface area contributed by atoms with E-state index in [-0.39, 0.29) is 28.5 Å². The van der Waals surface area contributed by atoms with Crippen LogP contribution in [-0.2, 0) is 9.53 Å². The van der Waals surface area contributed by atoms with E-state index in [1.807, 2.05) is 0 Å². The van der Waals surface area contributed by atoms with Crippen molar-refractivity contribution in [3.63, 3.8) is 0 Å². The molecule has 0 aliphatic carbocycles. The van der Waals surface area contributed by atoms with Gasteiger partial charge in [0.2, 0.25) is 11.0 Å². The quantitative estimate of drug-likeness (QED) is 0.360. The van der Waals surface area contributed by atoms with Crippen molar-refractivity contribution in [1.29, 1.82) is 0 Å². The van der Waals surface area contributed by atoms with Crippen LogP contribution in [-0.4, -0.2) is 41.1 Å². The highest BCUT2D eigenvalue weighted by atomic mass is 35.5. The fourth-order valence-corrected chi connectivity index (χ4v) is 2.46. The molecule has 1 aliphatic heterocycles. The Kier molecular flexibility index (Phi) is 4.33. The fraction of sp³-hybridized carbons (Fsp3) is 0.545. The van der Waals surface area contributed by atoms with E-state index in [9.17, 15) is 14.9 Å². The molecule has 0 N–H and O–H groups in total. The second-order valence-electron chi connectivity index (χ2n) is 4.40. The van der Waals surface area contributed by atoms with Gasteiger partial charge in [0.1, 0.15) is 6.33 Å². The zero-order valence-corrected chi connectivity index (χ0v) is 11.5. The van der Waals surface area contributed by atoms with Gasteiger partial charge in [0.25, 0.3) is 0 Å². The van der Waals surface area contributed by atoms with Gasteiger partial charge in [-0.25, -0.2) is 9.97 Å². The molecule has 1 unspecified atom stereocenters. The minimum absolute atomic E-state index is 0.142. The van der Waals surface area contributed by atoms with Gasteiger partial charge in [-0.1, -0.05) is 11.6 Å². The summed E-state index contributed by atoms with van der Waals surface area (Å²) < 4.78 is 4.72. The molecule has 1 saturated heterocycles. The molecule has 8 nitrogen and oxygen atoms in total. The maximum atomic E-state index is 11.6. The van der Waals surface area contributed by atoms with Crippen molar-refractivity contribution in [3.8, 4) is 0 Å². The number of piperidine rings is 1. The molecule has 1 aliphatic rings. The highest BCUT2D eigenvalue weighted by molar-refractivity contribution is 6.31. The smallest absolute Gasteiger partial charge is 0.348 e. The molecule has 9 heteroatoms. The van der Waals surface area contributed by atoms with E-state index >= 15 is 0 Å². The molecule has 108 valence electrons. The molecule has 1 aromatic rings. The van der Waals surface area contributed by atoms with Gasteiger partial charge in [0, 0.05) is 13.1 Å². The lowest BCUT2D eigenvalue weighted by Gasteiger charge is -2.31. The minimum atomic E-state index is -0.612. The van der Waals surface area contributed by atoms with Crippen LogP contribution in [0.25, 0.3) is 0 Å². The number of carbonyl (C=O) groups is 1. The van der Waals surface area contributed by atoms with Crippen LogP contribution in [0.3, 0.4) is 0 Å². The Bertz CT molecular complexity index is 539. The van der Waals surface area contributed by atoms with Gasteiger partial charge in [-0.2, -0.15) is 0 Å². The Morgan fingerprint density at radius 2 is 2.35 bits per heavy atom. The summed E-state index contributed by atoms with van der Waals surface area (Å²) in [5, 5.41) is 10.9. The normalized spacial score (nSPS) is 18.7. The molecule has 2 heterocycles. The first-order valence-electron chi connectivity index (χ1n) is 6.02. The van der Waals surface area contributed by atoms with Gasteiger partial charge in [0.15, 0.2) is 0 Å². The monoisotopic (exact) mass is 300 g/mol. The summed E-state index contributed by atoms with van der Waals surface area (Å²) in [6.07, 6.45) is 2.58. The maximum Gasteiger partial charge on any atom is 0.348 e. The highest BCUT2D eigenvalue weighted by Crippen LogP contribution is 2.33. The van der Waals surface area contributed by atoms with Crippen LogP contribution in [0.5, 0.6) is 0 Å². The summed E-state index contributed by atoms with van der Waals surface area (Å²) in [7, 11) is 1.32. The standard InChI is InChI=1S/C11H13ClN4O4/c1-20-11(17)7-3-2-4-15(5-7)10-8(16(18)19)9(12)13-6-14-10/h6-7H,2-5H2,1H3. The lowest BCUT2D eigenvalue weighted by molar-refractivity contribution is -0.384. The number of nitro groups is 1. The van der Waals surface area contributed by atoms with Gasteiger partial charge < -0.3 is 9.64 Å². The van der Waals surface area contributed by atoms with Crippen molar-refractivity contribution >= 4 is 29.1 Å². The molecular weight excluding hydrogens is 288 g/mol. The first kappa shape index (κ1) is 14.4. The third-order valence-electron chi connectivity index (χ3n) is 3.20. The van der Waals surface area contributed by atoms with Crippen LogP contribution in [0.1, 0.15) is 12.8 Å². The van der Waals surface area contributed by atoms with E-state index in [2.05, 4.69) is 9.97 Å². The van der Waals surface area contributed by atoms with Crippen LogP contribution in [0.2, 0.25) is 5.15 Å². The molecule has 1 atom stereocenters. The predicted molar refractivity (Wildman–Crippen MR) is 70.6 cm³/mol. The van der Waals surface area contributed by atoms with Gasteiger partial charge in [0.05, 0.1) is 18.0 Å². The zero-order valence-electron chi connectivity index (χ0n) is 10.8. The topological polar surface area (TPSA) is 98.5 Å². The van der Waals surface area contributed by atoms with E-state index in [1.165, 1.54) is 13.4 Å². The first-order chi connectivity index (χ1) is 9.54. The van der Waals surface area contributed by atoms with Crippen LogP contribution < -0.4 is 4.90 Å². The van der Waals surface area contributed by atoms with Crippen LogP contribution in [0.15, 0.2) is 6.33 Å². The zero-order chi connectivity index (χ0) is 14.7. The van der Waals surface area contributed by atoms with Gasteiger partial charge in [-0.15, -0.1) is 0 Å². The van der Waals surface area contributed by atoms with E-state index in [0.29, 0.717) is 19.5 Å². The van der Waals surface area contributed by atoms with Crippen molar-refractivity contribution in [2.24, 2.45) is 5.92 Å². The number of rotatable bonds is 3. The minimum Gasteiger partial charge on any atom is -0.469 e. The summed E-state index contributed by atoms with van der Waals surface area (Å²) in [5.41, 5.74) is -0.334. The number of hydrogen-bond donors (Lipinski definition) is 0. The fourth-order valence-electron chi connectivity index (χ4n) is 2.27. The molecule has 0 spiro atoms. The SMILES string of the molecule is COC(=O)C1CCCN(c2ncnc(Cl)c2[N+](=O)[O-])C1. The molecule has 0 saturated carbocycles. The molecule has 0 amide bonds. The van der Waals surface area contributed by atoms with Crippen molar-refractivity contribution < 1.29 is 14.5 Å². The van der Waals surface area contributed by atoms with Crippen LogP contribution in [0.4, 0.5) is 11.5 Å². The third kappa shape index (κ3) is 2.79. The molecule has 0 radical (unpaired) electrons. The molecule has 0 aromatic carbocycles. The second-order valence-corrected chi connectivity index (χ2v) is 4.76. The third-order valence-corrected chi connectivity index (χ3v) is 3.47. The maximum absolute atomic E-state index is 11.6. The Morgan fingerprint density at radius 1 is 1.60 bits per heavy atom. The molecule has 20 heavy (non-hydrogen) atoms. The van der Waals surface area contributed by atoms with Gasteiger partial charge in [-0.05, 0) is 12.8 Å². The second kappa shape index (κ2) is 6.00. The number of nitrogens with zero attached hydrogens (tertiary/aromatic N) is 4. The van der Waals surface area contributed by atoms with Crippen LogP contribution in [0, 0.1) is 16.0 Å². The Hall–Kier alpha value is -1.96. The average Bonchev–Trinajstić information content (AvgIpc) is 2.45. The van der Waals surface area contributed by atoms with E-state index in [0.717, 1.165) is 6.42 Å². The summed E-state index contributed by atoms with van der Waals surface area (Å²) >= 11 is 5.76. The lowest BCUT2D eigenvalue weighted by atomic mass is 9.98. The van der Waals surface area contributed by atoms with Crippen molar-refractivity contribution in [3.05, 3.63) is 21.6 Å². The number of ether oxygens (including phenoxy) is 1. The Morgan fingerprint density at radius 3 is 3.00 bits per heavy atom. The highest BCUT2D eigenvalue weighted by Gasteiger charge is 2.32. The number of halogens is 1. The Balaban J connectivity index is 2.30. The lowest BCUT2D eigenvalue weighted by Crippen LogP contribution is -2.40.